The Hall–Kier alpha value is -2.63. The van der Waals surface area contributed by atoms with Gasteiger partial charge >= 0.3 is 0 Å². The number of rotatable bonds is 3. The fourth-order valence-corrected chi connectivity index (χ4v) is 2.24. The Kier molecular flexibility index (Phi) is 3.67. The van der Waals surface area contributed by atoms with Crippen molar-refractivity contribution in [3.8, 4) is 0 Å². The topological polar surface area (TPSA) is 73.0 Å². The molecule has 0 unspecified atom stereocenters. The van der Waals surface area contributed by atoms with E-state index in [0.29, 0.717) is 23.3 Å². The van der Waals surface area contributed by atoms with Gasteiger partial charge in [0.2, 0.25) is 5.89 Å². The van der Waals surface area contributed by atoms with Crippen LogP contribution in [0.4, 0.5) is 5.69 Å². The number of anilines is 1. The van der Waals surface area contributed by atoms with Crippen LogP contribution in [0.3, 0.4) is 0 Å². The lowest BCUT2D eigenvalue weighted by atomic mass is 9.94. The van der Waals surface area contributed by atoms with Crippen molar-refractivity contribution in [2.75, 3.05) is 5.32 Å². The number of aromatic nitrogens is 3. The number of hydrogen-bond acceptors (Lipinski definition) is 5. The molecule has 3 aromatic rings. The highest BCUT2D eigenvalue weighted by molar-refractivity contribution is 5.81. The molecule has 23 heavy (non-hydrogen) atoms. The van der Waals surface area contributed by atoms with Crippen LogP contribution >= 0.6 is 0 Å². The van der Waals surface area contributed by atoms with E-state index in [2.05, 4.69) is 36.1 Å². The molecule has 1 aromatic carbocycles. The van der Waals surface area contributed by atoms with Crippen LogP contribution < -0.4 is 10.9 Å². The summed E-state index contributed by atoms with van der Waals surface area (Å²) in [6, 6.07) is 5.49. The van der Waals surface area contributed by atoms with Gasteiger partial charge in [0.15, 0.2) is 0 Å². The van der Waals surface area contributed by atoms with Crippen molar-refractivity contribution in [2.24, 2.45) is 7.05 Å². The summed E-state index contributed by atoms with van der Waals surface area (Å²) in [5.74, 6) is 1.49. The average molecular weight is 312 g/mol. The lowest BCUT2D eigenvalue weighted by Gasteiger charge is -2.13. The minimum atomic E-state index is -0.0574. The molecular weight excluding hydrogens is 292 g/mol. The monoisotopic (exact) mass is 312 g/mol. The molecule has 0 aliphatic carbocycles. The lowest BCUT2D eigenvalue weighted by Crippen LogP contribution is -2.16. The molecular formula is C17H20N4O2. The number of fused-ring (bicyclic) bond motifs is 1. The maximum Gasteiger partial charge on any atom is 0.260 e. The number of benzene rings is 1. The van der Waals surface area contributed by atoms with Gasteiger partial charge in [-0.25, -0.2) is 9.97 Å². The number of oxazole rings is 1. The summed E-state index contributed by atoms with van der Waals surface area (Å²) in [5, 5.41) is 3.85. The lowest BCUT2D eigenvalue weighted by molar-refractivity contribution is 0.385. The summed E-state index contributed by atoms with van der Waals surface area (Å²) < 4.78 is 7.22. The van der Waals surface area contributed by atoms with Crippen LogP contribution in [0.25, 0.3) is 10.9 Å². The largest absolute Gasteiger partial charge is 0.443 e. The summed E-state index contributed by atoms with van der Waals surface area (Å²) in [6.07, 6.45) is 3.29. The minimum Gasteiger partial charge on any atom is -0.443 e. The maximum atomic E-state index is 12.0. The molecule has 0 saturated carbocycles. The molecule has 0 saturated heterocycles. The molecule has 0 radical (unpaired) electrons. The van der Waals surface area contributed by atoms with Crippen LogP contribution in [0.5, 0.6) is 0 Å². The normalized spacial score (nSPS) is 11.8. The molecule has 0 fully saturated rings. The number of hydrogen-bond donors (Lipinski definition) is 1. The highest BCUT2D eigenvalue weighted by Crippen LogP contribution is 2.23. The van der Waals surface area contributed by atoms with Crippen LogP contribution in [0.15, 0.2) is 39.9 Å². The van der Waals surface area contributed by atoms with Gasteiger partial charge in [0.05, 0.1) is 30.0 Å². The first-order chi connectivity index (χ1) is 10.8. The summed E-state index contributed by atoms with van der Waals surface area (Å²) >= 11 is 0. The van der Waals surface area contributed by atoms with Crippen molar-refractivity contribution in [2.45, 2.75) is 32.7 Å². The third-order valence-electron chi connectivity index (χ3n) is 3.66. The molecule has 2 heterocycles. The van der Waals surface area contributed by atoms with E-state index in [9.17, 15) is 4.79 Å². The molecule has 0 bridgehead atoms. The second-order valence-electron chi connectivity index (χ2n) is 6.61. The number of nitrogens with one attached hydrogen (secondary N) is 1. The van der Waals surface area contributed by atoms with E-state index in [4.69, 9.17) is 4.42 Å². The Morgan fingerprint density at radius 2 is 2.04 bits per heavy atom. The van der Waals surface area contributed by atoms with Crippen LogP contribution in [-0.2, 0) is 19.0 Å². The summed E-state index contributed by atoms with van der Waals surface area (Å²) in [6.45, 7) is 6.73. The molecule has 1 N–H and O–H groups in total. The molecule has 120 valence electrons. The van der Waals surface area contributed by atoms with Gasteiger partial charge in [-0.3, -0.25) is 4.79 Å². The zero-order valence-corrected chi connectivity index (χ0v) is 13.8. The molecule has 6 heteroatoms. The van der Waals surface area contributed by atoms with Crippen LogP contribution in [0, 0.1) is 0 Å². The van der Waals surface area contributed by atoms with Crippen molar-refractivity contribution in [1.82, 2.24) is 14.5 Å². The Bertz CT molecular complexity index is 903. The average Bonchev–Trinajstić information content (AvgIpc) is 2.98. The van der Waals surface area contributed by atoms with E-state index >= 15 is 0 Å². The summed E-state index contributed by atoms with van der Waals surface area (Å²) in [5.41, 5.74) is 1.43. The molecule has 0 aliphatic rings. The second kappa shape index (κ2) is 5.53. The third kappa shape index (κ3) is 3.11. The van der Waals surface area contributed by atoms with Gasteiger partial charge in [-0.2, -0.15) is 0 Å². The van der Waals surface area contributed by atoms with E-state index in [1.807, 2.05) is 12.1 Å². The quantitative estimate of drug-likeness (QED) is 0.805. The number of nitrogens with zero attached hydrogens (tertiary/aromatic N) is 3. The van der Waals surface area contributed by atoms with Gasteiger partial charge in [0, 0.05) is 18.2 Å². The van der Waals surface area contributed by atoms with E-state index < -0.39 is 0 Å². The first kappa shape index (κ1) is 15.3. The van der Waals surface area contributed by atoms with Gasteiger partial charge in [0.25, 0.3) is 5.56 Å². The van der Waals surface area contributed by atoms with Gasteiger partial charge < -0.3 is 14.3 Å². The highest BCUT2D eigenvalue weighted by atomic mass is 16.4. The predicted molar refractivity (Wildman–Crippen MR) is 89.5 cm³/mol. The van der Waals surface area contributed by atoms with E-state index in [1.165, 1.54) is 10.9 Å². The third-order valence-corrected chi connectivity index (χ3v) is 3.66. The first-order valence-electron chi connectivity index (χ1n) is 7.49. The SMILES string of the molecule is Cn1cnc2cc(NCc3ncc(C(C)(C)C)o3)ccc2c1=O. The van der Waals surface area contributed by atoms with Gasteiger partial charge in [-0.15, -0.1) is 0 Å². The van der Waals surface area contributed by atoms with Gasteiger partial charge in [-0.1, -0.05) is 20.8 Å². The van der Waals surface area contributed by atoms with Crippen LogP contribution in [0.1, 0.15) is 32.4 Å². The highest BCUT2D eigenvalue weighted by Gasteiger charge is 2.19. The molecule has 0 aliphatic heterocycles. The molecule has 6 nitrogen and oxygen atoms in total. The predicted octanol–water partition coefficient (Wildman–Crippen LogP) is 2.83. The van der Waals surface area contributed by atoms with E-state index in [0.717, 1.165) is 11.4 Å². The molecule has 2 aromatic heterocycles. The minimum absolute atomic E-state index is 0.0518. The van der Waals surface area contributed by atoms with Crippen molar-refractivity contribution >= 4 is 16.6 Å². The summed E-state index contributed by atoms with van der Waals surface area (Å²) in [7, 11) is 1.69. The molecule has 3 rings (SSSR count). The van der Waals surface area contributed by atoms with Crippen molar-refractivity contribution in [1.29, 1.82) is 0 Å². The molecule has 0 amide bonds. The maximum absolute atomic E-state index is 12.0. The fourth-order valence-electron chi connectivity index (χ4n) is 2.24. The van der Waals surface area contributed by atoms with E-state index in [1.54, 1.807) is 19.3 Å². The first-order valence-corrected chi connectivity index (χ1v) is 7.49. The van der Waals surface area contributed by atoms with Gasteiger partial charge in [0.1, 0.15) is 5.76 Å². The Balaban J connectivity index is 1.78. The smallest absolute Gasteiger partial charge is 0.260 e. The van der Waals surface area contributed by atoms with Crippen molar-refractivity contribution < 1.29 is 4.42 Å². The zero-order valence-electron chi connectivity index (χ0n) is 13.8. The number of aryl methyl sites for hydroxylation is 1. The van der Waals surface area contributed by atoms with Crippen molar-refractivity contribution in [3.63, 3.8) is 0 Å². The zero-order chi connectivity index (χ0) is 16.6. The second-order valence-corrected chi connectivity index (χ2v) is 6.61. The van der Waals surface area contributed by atoms with E-state index in [-0.39, 0.29) is 11.0 Å². The Morgan fingerprint density at radius 3 is 2.74 bits per heavy atom. The summed E-state index contributed by atoms with van der Waals surface area (Å²) in [4.78, 5) is 20.6. The molecule has 0 spiro atoms. The molecule has 0 atom stereocenters. The Morgan fingerprint density at radius 1 is 1.26 bits per heavy atom. The van der Waals surface area contributed by atoms with Crippen LogP contribution in [-0.4, -0.2) is 14.5 Å². The fraction of sp³-hybridized carbons (Fsp3) is 0.353. The van der Waals surface area contributed by atoms with Gasteiger partial charge in [-0.05, 0) is 18.2 Å². The standard InChI is InChI=1S/C17H20N4O2/c1-17(2,3)14-8-19-15(23-14)9-18-11-5-6-12-13(7-11)20-10-21(4)16(12)22/h5-8,10,18H,9H2,1-4H3. The Labute approximate surface area is 134 Å². The van der Waals surface area contributed by atoms with Crippen LogP contribution in [0.2, 0.25) is 0 Å². The van der Waals surface area contributed by atoms with Crippen molar-refractivity contribution in [3.05, 3.63) is 52.7 Å².